The molecule has 0 aliphatic heterocycles. The fourth-order valence-electron chi connectivity index (χ4n) is 3.09. The normalized spacial score (nSPS) is 11.0. The summed E-state index contributed by atoms with van der Waals surface area (Å²) in [5, 5.41) is 2.46. The van der Waals surface area contributed by atoms with E-state index in [1.165, 1.54) is 16.8 Å². The average molecular weight is 297 g/mol. The maximum Gasteiger partial charge on any atom is 0.185 e. The molecular weight excluding hydrogens is 282 g/mol. The van der Waals surface area contributed by atoms with Gasteiger partial charge in [0.05, 0.1) is 11.0 Å². The summed E-state index contributed by atoms with van der Waals surface area (Å²) in [5.41, 5.74) is 4.03. The summed E-state index contributed by atoms with van der Waals surface area (Å²) < 4.78 is 2.23. The smallest absolute Gasteiger partial charge is 0.185 e. The van der Waals surface area contributed by atoms with Crippen molar-refractivity contribution in [2.45, 2.75) is 0 Å². The molecule has 0 saturated heterocycles. The number of aromatic nitrogens is 1. The van der Waals surface area contributed by atoms with Gasteiger partial charge in [-0.25, -0.2) is 0 Å². The Kier molecular flexibility index (Phi) is 3.09. The predicted octanol–water partition coefficient (Wildman–Crippen LogP) is 5.15. The Bertz CT molecular complexity index is 985. The minimum Gasteiger partial charge on any atom is -0.309 e. The van der Waals surface area contributed by atoms with E-state index in [9.17, 15) is 4.79 Å². The highest BCUT2D eigenvalue weighted by molar-refractivity contribution is 6.09. The fourth-order valence-corrected chi connectivity index (χ4v) is 3.09. The third-order valence-electron chi connectivity index (χ3n) is 4.18. The first-order valence-corrected chi connectivity index (χ1v) is 7.55. The van der Waals surface area contributed by atoms with Crippen molar-refractivity contribution in [3.05, 3.63) is 91.0 Å². The molecule has 0 radical (unpaired) electrons. The van der Waals surface area contributed by atoms with Crippen LogP contribution in [0.2, 0.25) is 0 Å². The zero-order valence-electron chi connectivity index (χ0n) is 12.6. The first-order chi connectivity index (χ1) is 11.3. The van der Waals surface area contributed by atoms with Crippen molar-refractivity contribution in [1.29, 1.82) is 0 Å². The summed E-state index contributed by atoms with van der Waals surface area (Å²) in [6.07, 6.45) is 1.34. The van der Waals surface area contributed by atoms with E-state index in [-0.39, 0.29) is 5.78 Å². The lowest BCUT2D eigenvalue weighted by molar-refractivity contribution is 0.104. The summed E-state index contributed by atoms with van der Waals surface area (Å²) in [7, 11) is 0. The van der Waals surface area contributed by atoms with E-state index in [1.54, 1.807) is 0 Å². The first-order valence-electron chi connectivity index (χ1n) is 7.55. The Morgan fingerprint density at radius 3 is 1.83 bits per heavy atom. The van der Waals surface area contributed by atoms with Gasteiger partial charge in [0.15, 0.2) is 5.78 Å². The van der Waals surface area contributed by atoms with Gasteiger partial charge in [-0.2, -0.15) is 0 Å². The van der Waals surface area contributed by atoms with E-state index >= 15 is 0 Å². The molecule has 0 unspecified atom stereocenters. The molecule has 2 nitrogen and oxygen atoms in total. The largest absolute Gasteiger partial charge is 0.309 e. The number of benzene rings is 3. The summed E-state index contributed by atoms with van der Waals surface area (Å²) in [5.74, 6) is -0.0567. The molecule has 1 aromatic heterocycles. The second-order valence-electron chi connectivity index (χ2n) is 5.48. The third kappa shape index (κ3) is 2.08. The molecule has 0 amide bonds. The number of fused-ring (bicyclic) bond motifs is 3. The van der Waals surface area contributed by atoms with Crippen LogP contribution in [0.15, 0.2) is 85.5 Å². The van der Waals surface area contributed by atoms with Crippen molar-refractivity contribution >= 4 is 27.6 Å². The SMILES string of the molecule is C=CC(=O)c1ccc(-n2c3ccccc3c3ccccc32)cc1. The van der Waals surface area contributed by atoms with E-state index in [0.29, 0.717) is 5.56 Å². The van der Waals surface area contributed by atoms with E-state index in [1.807, 2.05) is 36.4 Å². The quantitative estimate of drug-likeness (QED) is 0.378. The van der Waals surface area contributed by atoms with E-state index < -0.39 is 0 Å². The zero-order chi connectivity index (χ0) is 15.8. The Morgan fingerprint density at radius 2 is 1.30 bits per heavy atom. The van der Waals surface area contributed by atoms with Gasteiger partial charge in [-0.3, -0.25) is 4.79 Å². The molecule has 0 bridgehead atoms. The Labute approximate surface area is 134 Å². The zero-order valence-corrected chi connectivity index (χ0v) is 12.6. The fraction of sp³-hybridized carbons (Fsp3) is 0. The van der Waals surface area contributed by atoms with Crippen LogP contribution >= 0.6 is 0 Å². The van der Waals surface area contributed by atoms with Crippen molar-refractivity contribution in [1.82, 2.24) is 4.57 Å². The number of carbonyl (C=O) groups is 1. The van der Waals surface area contributed by atoms with Crippen LogP contribution in [0.4, 0.5) is 0 Å². The number of hydrogen-bond donors (Lipinski definition) is 0. The lowest BCUT2D eigenvalue weighted by atomic mass is 10.1. The molecule has 0 aliphatic rings. The van der Waals surface area contributed by atoms with Gasteiger partial charge >= 0.3 is 0 Å². The highest BCUT2D eigenvalue weighted by Crippen LogP contribution is 2.31. The minimum atomic E-state index is -0.0567. The Hall–Kier alpha value is -3.13. The molecule has 2 heteroatoms. The molecule has 0 fully saturated rings. The van der Waals surface area contributed by atoms with Gasteiger partial charge in [-0.1, -0.05) is 43.0 Å². The lowest BCUT2D eigenvalue weighted by Crippen LogP contribution is -1.97. The standard InChI is InChI=1S/C21H15NO/c1-2-21(23)15-11-13-16(14-12-15)22-19-9-5-3-7-17(19)18-8-4-6-10-20(18)22/h2-14H,1H2. The summed E-state index contributed by atoms with van der Waals surface area (Å²) in [6.45, 7) is 3.54. The third-order valence-corrected chi connectivity index (χ3v) is 4.18. The van der Waals surface area contributed by atoms with Gasteiger partial charge in [0, 0.05) is 22.0 Å². The molecule has 1 heterocycles. The molecule has 4 aromatic rings. The van der Waals surface area contributed by atoms with Gasteiger partial charge < -0.3 is 4.57 Å². The van der Waals surface area contributed by atoms with Gasteiger partial charge in [0.25, 0.3) is 0 Å². The van der Waals surface area contributed by atoms with Gasteiger partial charge in [0.1, 0.15) is 0 Å². The number of ketones is 1. The molecule has 0 aliphatic carbocycles. The van der Waals surface area contributed by atoms with E-state index in [4.69, 9.17) is 0 Å². The first kappa shape index (κ1) is 13.5. The highest BCUT2D eigenvalue weighted by atomic mass is 16.1. The molecule has 110 valence electrons. The van der Waals surface area contributed by atoms with E-state index in [2.05, 4.69) is 47.5 Å². The number of rotatable bonds is 3. The number of nitrogens with zero attached hydrogens (tertiary/aromatic N) is 1. The highest BCUT2D eigenvalue weighted by Gasteiger charge is 2.11. The van der Waals surface area contributed by atoms with Crippen molar-refractivity contribution < 1.29 is 4.79 Å². The van der Waals surface area contributed by atoms with Gasteiger partial charge in [0.2, 0.25) is 0 Å². The van der Waals surface area contributed by atoms with Crippen LogP contribution in [0.1, 0.15) is 10.4 Å². The van der Waals surface area contributed by atoms with Crippen LogP contribution in [0.3, 0.4) is 0 Å². The maximum absolute atomic E-state index is 11.7. The van der Waals surface area contributed by atoms with Crippen molar-refractivity contribution in [3.63, 3.8) is 0 Å². The van der Waals surface area contributed by atoms with Crippen LogP contribution < -0.4 is 0 Å². The molecule has 23 heavy (non-hydrogen) atoms. The second-order valence-corrected chi connectivity index (χ2v) is 5.48. The van der Waals surface area contributed by atoms with Crippen LogP contribution in [-0.4, -0.2) is 10.4 Å². The summed E-state index contributed by atoms with van der Waals surface area (Å²) >= 11 is 0. The lowest BCUT2D eigenvalue weighted by Gasteiger charge is -2.08. The molecule has 0 N–H and O–H groups in total. The Morgan fingerprint density at radius 1 is 0.783 bits per heavy atom. The van der Waals surface area contributed by atoms with Gasteiger partial charge in [-0.05, 0) is 42.5 Å². The second kappa shape index (κ2) is 5.25. The maximum atomic E-state index is 11.7. The molecule has 0 spiro atoms. The van der Waals surface area contributed by atoms with Crippen LogP contribution in [0.5, 0.6) is 0 Å². The van der Waals surface area contributed by atoms with Crippen LogP contribution in [-0.2, 0) is 0 Å². The molecular formula is C21H15NO. The minimum absolute atomic E-state index is 0.0567. The number of para-hydroxylation sites is 2. The molecule has 0 atom stereocenters. The predicted molar refractivity (Wildman–Crippen MR) is 95.3 cm³/mol. The topological polar surface area (TPSA) is 22.0 Å². The molecule has 0 saturated carbocycles. The van der Waals surface area contributed by atoms with Crippen molar-refractivity contribution in [2.75, 3.05) is 0 Å². The monoisotopic (exact) mass is 297 g/mol. The van der Waals surface area contributed by atoms with Crippen LogP contribution in [0, 0.1) is 0 Å². The number of carbonyl (C=O) groups excluding carboxylic acids is 1. The van der Waals surface area contributed by atoms with Gasteiger partial charge in [-0.15, -0.1) is 0 Å². The summed E-state index contributed by atoms with van der Waals surface area (Å²) in [4.78, 5) is 11.7. The average Bonchev–Trinajstić information content (AvgIpc) is 2.96. The van der Waals surface area contributed by atoms with Crippen molar-refractivity contribution in [2.24, 2.45) is 0 Å². The van der Waals surface area contributed by atoms with E-state index in [0.717, 1.165) is 16.7 Å². The van der Waals surface area contributed by atoms with Crippen LogP contribution in [0.25, 0.3) is 27.5 Å². The Balaban J connectivity index is 2.00. The summed E-state index contributed by atoms with van der Waals surface area (Å²) in [6, 6.07) is 24.4. The number of hydrogen-bond acceptors (Lipinski definition) is 1. The number of allylic oxidation sites excluding steroid dienone is 1. The molecule has 3 aromatic carbocycles. The molecule has 4 rings (SSSR count). The van der Waals surface area contributed by atoms with Crippen molar-refractivity contribution in [3.8, 4) is 5.69 Å².